The first kappa shape index (κ1) is 38.6. The smallest absolute Gasteiger partial charge is 0.0537 e. The summed E-state index contributed by atoms with van der Waals surface area (Å²) >= 11 is 1.87. The van der Waals surface area contributed by atoms with E-state index < -0.39 is 0 Å². The van der Waals surface area contributed by atoms with Crippen LogP contribution in [-0.4, -0.2) is 4.57 Å². The summed E-state index contributed by atoms with van der Waals surface area (Å²) in [5.74, 6) is 0. The van der Waals surface area contributed by atoms with Crippen molar-refractivity contribution in [3.05, 3.63) is 212 Å². The molecule has 0 atom stereocenters. The van der Waals surface area contributed by atoms with Gasteiger partial charge in [0.25, 0.3) is 0 Å². The standard InChI is InChI=1S/C52H36N2S.C3H6.C2H6/c1-2-12-41(13-3-1)53(44-29-31-52-48(34-44)47-33-40(24-30-51(47)55-52)39-19-18-35-10-4-5-11-38(35)32-39)42-25-20-36(21-26-42)37-22-27-43(28-23-37)54-49-16-8-6-14-45(49)46-15-7-9-17-50(46)54;1-3-2;1-2/h1-22,24-27,29-34H,23,28H2;3H,1H2,2H3;1-2H3. The highest BCUT2D eigenvalue weighted by Crippen LogP contribution is 2.43. The van der Waals surface area contributed by atoms with Gasteiger partial charge in [0.1, 0.15) is 0 Å². The Balaban J connectivity index is 0.000000888. The van der Waals surface area contributed by atoms with Crippen molar-refractivity contribution < 1.29 is 0 Å². The summed E-state index contributed by atoms with van der Waals surface area (Å²) in [5.41, 5.74) is 12.5. The average Bonchev–Trinajstić information content (AvgIpc) is 3.86. The lowest BCUT2D eigenvalue weighted by Crippen LogP contribution is -2.09. The van der Waals surface area contributed by atoms with Gasteiger partial charge in [-0.05, 0) is 132 Å². The lowest BCUT2D eigenvalue weighted by atomic mass is 9.95. The first-order valence-electron chi connectivity index (χ1n) is 21.0. The highest BCUT2D eigenvalue weighted by molar-refractivity contribution is 7.25. The molecule has 1 aliphatic rings. The number of allylic oxidation sites excluding steroid dienone is 5. The van der Waals surface area contributed by atoms with Crippen LogP contribution in [0.15, 0.2) is 207 Å². The van der Waals surface area contributed by atoms with Gasteiger partial charge in [-0.1, -0.05) is 135 Å². The van der Waals surface area contributed by atoms with Crippen molar-refractivity contribution in [3.63, 3.8) is 0 Å². The maximum absolute atomic E-state index is 3.36. The fraction of sp³-hybridized carbons (Fsp3) is 0.0877. The van der Waals surface area contributed by atoms with E-state index in [4.69, 9.17) is 0 Å². The quantitative estimate of drug-likeness (QED) is 0.152. The Bertz CT molecular complexity index is 3140. The highest BCUT2D eigenvalue weighted by Gasteiger charge is 2.18. The number of benzene rings is 8. The van der Waals surface area contributed by atoms with E-state index in [-0.39, 0.29) is 0 Å². The van der Waals surface area contributed by atoms with Crippen LogP contribution in [0.3, 0.4) is 0 Å². The molecule has 0 radical (unpaired) electrons. The van der Waals surface area contributed by atoms with Crippen molar-refractivity contribution in [2.75, 3.05) is 4.90 Å². The Morgan fingerprint density at radius 2 is 1.02 bits per heavy atom. The van der Waals surface area contributed by atoms with Crippen molar-refractivity contribution in [2.24, 2.45) is 0 Å². The summed E-state index contributed by atoms with van der Waals surface area (Å²) in [6, 6.07) is 66.7. The molecule has 10 aromatic rings. The van der Waals surface area contributed by atoms with E-state index in [1.807, 2.05) is 32.1 Å². The van der Waals surface area contributed by atoms with Crippen molar-refractivity contribution in [1.29, 1.82) is 0 Å². The molecule has 0 unspecified atom stereocenters. The van der Waals surface area contributed by atoms with E-state index in [2.05, 4.69) is 210 Å². The third kappa shape index (κ3) is 7.23. The summed E-state index contributed by atoms with van der Waals surface area (Å²) in [6.07, 6.45) is 8.39. The lowest BCUT2D eigenvalue weighted by Gasteiger charge is -2.26. The van der Waals surface area contributed by atoms with Gasteiger partial charge in [0, 0.05) is 53.7 Å². The third-order valence-corrected chi connectivity index (χ3v) is 12.5. The zero-order valence-electron chi connectivity index (χ0n) is 34.5. The predicted octanol–water partition coefficient (Wildman–Crippen LogP) is 17.4. The van der Waals surface area contributed by atoms with Crippen LogP contribution in [0.2, 0.25) is 0 Å². The molecule has 8 aromatic carbocycles. The number of thiophene rings is 1. The number of fused-ring (bicyclic) bond motifs is 7. The number of anilines is 3. The minimum absolute atomic E-state index is 0.990. The molecule has 11 rings (SSSR count). The maximum atomic E-state index is 3.36. The fourth-order valence-corrected chi connectivity index (χ4v) is 9.65. The number of para-hydroxylation sites is 3. The normalized spacial score (nSPS) is 12.4. The SMILES string of the molecule is C1=C(c2ccc(N(c3ccccc3)c3ccc4sc5ccc(-c6ccc7ccccc7c6)cc5c4c3)cc2)CCC(n2c3ccccc3c3ccccc32)=C1.C=CC.CC. The van der Waals surface area contributed by atoms with Gasteiger partial charge in [-0.25, -0.2) is 0 Å². The molecule has 0 saturated heterocycles. The van der Waals surface area contributed by atoms with E-state index in [0.717, 1.165) is 29.9 Å². The molecule has 2 heterocycles. The summed E-state index contributed by atoms with van der Waals surface area (Å²) in [4.78, 5) is 2.38. The molecule has 0 spiro atoms. The van der Waals surface area contributed by atoms with Crippen LogP contribution < -0.4 is 4.90 Å². The summed E-state index contributed by atoms with van der Waals surface area (Å²) in [5, 5.41) is 7.74. The summed E-state index contributed by atoms with van der Waals surface area (Å²) < 4.78 is 5.06. The van der Waals surface area contributed by atoms with Crippen LogP contribution in [0.4, 0.5) is 17.1 Å². The molecule has 0 bridgehead atoms. The summed E-state index contributed by atoms with van der Waals surface area (Å²) in [6.45, 7) is 9.25. The van der Waals surface area contributed by atoms with Gasteiger partial charge in [-0.3, -0.25) is 0 Å². The average molecular weight is 793 g/mol. The van der Waals surface area contributed by atoms with Crippen molar-refractivity contribution in [1.82, 2.24) is 4.57 Å². The second-order valence-electron chi connectivity index (χ2n) is 14.9. The molecule has 0 saturated carbocycles. The second-order valence-corrected chi connectivity index (χ2v) is 16.0. The van der Waals surface area contributed by atoms with Gasteiger partial charge in [-0.2, -0.15) is 0 Å². The first-order valence-corrected chi connectivity index (χ1v) is 21.8. The molecule has 0 aliphatic heterocycles. The van der Waals surface area contributed by atoms with Crippen molar-refractivity contribution >= 4 is 92.4 Å². The number of rotatable bonds is 6. The van der Waals surface area contributed by atoms with Crippen LogP contribution in [0.25, 0.3) is 75.1 Å². The molecule has 60 heavy (non-hydrogen) atoms. The van der Waals surface area contributed by atoms with Gasteiger partial charge in [-0.15, -0.1) is 17.9 Å². The Morgan fingerprint density at radius 3 is 1.70 bits per heavy atom. The zero-order chi connectivity index (χ0) is 41.0. The number of hydrogen-bond acceptors (Lipinski definition) is 2. The van der Waals surface area contributed by atoms with Crippen LogP contribution in [0.1, 0.15) is 39.2 Å². The molecule has 2 aromatic heterocycles. The van der Waals surface area contributed by atoms with Crippen LogP contribution in [0, 0.1) is 0 Å². The van der Waals surface area contributed by atoms with Crippen molar-refractivity contribution in [3.8, 4) is 11.1 Å². The second kappa shape index (κ2) is 17.1. The van der Waals surface area contributed by atoms with Crippen LogP contribution in [0.5, 0.6) is 0 Å². The fourth-order valence-electron chi connectivity index (χ4n) is 8.59. The third-order valence-electron chi connectivity index (χ3n) is 11.3. The number of nitrogens with zero attached hydrogens (tertiary/aromatic N) is 2. The first-order chi connectivity index (χ1) is 29.7. The lowest BCUT2D eigenvalue weighted by molar-refractivity contribution is 0.992. The van der Waals surface area contributed by atoms with E-state index in [1.54, 1.807) is 6.08 Å². The van der Waals surface area contributed by atoms with E-state index >= 15 is 0 Å². The molecule has 1 aliphatic carbocycles. The molecular weight excluding hydrogens is 745 g/mol. The van der Waals surface area contributed by atoms with E-state index in [0.29, 0.717) is 0 Å². The molecule has 292 valence electrons. The van der Waals surface area contributed by atoms with Gasteiger partial charge in [0.2, 0.25) is 0 Å². The maximum Gasteiger partial charge on any atom is 0.0537 e. The Kier molecular flexibility index (Phi) is 11.0. The predicted molar refractivity (Wildman–Crippen MR) is 265 cm³/mol. The summed E-state index contributed by atoms with van der Waals surface area (Å²) in [7, 11) is 0. The molecule has 3 heteroatoms. The van der Waals surface area contributed by atoms with Gasteiger partial charge >= 0.3 is 0 Å². The Hall–Kier alpha value is -6.94. The van der Waals surface area contributed by atoms with E-state index in [9.17, 15) is 0 Å². The molecule has 0 amide bonds. The van der Waals surface area contributed by atoms with Crippen molar-refractivity contribution in [2.45, 2.75) is 33.6 Å². The number of aromatic nitrogens is 1. The highest BCUT2D eigenvalue weighted by atomic mass is 32.1. The minimum atomic E-state index is 0.990. The monoisotopic (exact) mass is 792 g/mol. The van der Waals surface area contributed by atoms with Crippen LogP contribution >= 0.6 is 11.3 Å². The Labute approximate surface area is 357 Å². The van der Waals surface area contributed by atoms with Crippen LogP contribution in [-0.2, 0) is 0 Å². The zero-order valence-corrected chi connectivity index (χ0v) is 35.3. The largest absolute Gasteiger partial charge is 0.313 e. The van der Waals surface area contributed by atoms with Gasteiger partial charge in [0.15, 0.2) is 0 Å². The molecule has 2 nitrogen and oxygen atoms in total. The minimum Gasteiger partial charge on any atom is -0.313 e. The van der Waals surface area contributed by atoms with Gasteiger partial charge < -0.3 is 9.47 Å². The Morgan fingerprint density at radius 1 is 0.483 bits per heavy atom. The molecule has 0 N–H and O–H groups in total. The number of hydrogen-bond donors (Lipinski definition) is 0. The van der Waals surface area contributed by atoms with E-state index in [1.165, 1.54) is 80.7 Å². The topological polar surface area (TPSA) is 8.17 Å². The van der Waals surface area contributed by atoms with Gasteiger partial charge in [0.05, 0.1) is 11.0 Å². The molecule has 0 fully saturated rings. The molecular formula is C57H48N2S.